The summed E-state index contributed by atoms with van der Waals surface area (Å²) in [5.41, 5.74) is 1.14. The van der Waals surface area contributed by atoms with Crippen LogP contribution in [0.5, 0.6) is 0 Å². The van der Waals surface area contributed by atoms with Crippen LogP contribution in [0.1, 0.15) is 56.7 Å². The van der Waals surface area contributed by atoms with Gasteiger partial charge in [0.15, 0.2) is 0 Å². The zero-order valence-electron chi connectivity index (χ0n) is 10.8. The molecule has 0 aliphatic carbocycles. The van der Waals surface area contributed by atoms with Crippen molar-refractivity contribution in [2.45, 2.75) is 65.5 Å². The first-order valence-corrected chi connectivity index (χ1v) is 7.28. The van der Waals surface area contributed by atoms with E-state index in [-0.39, 0.29) is 0 Å². The highest BCUT2D eigenvalue weighted by Crippen LogP contribution is 2.11. The first kappa shape index (κ1) is 13.7. The van der Waals surface area contributed by atoms with E-state index in [0.29, 0.717) is 6.04 Å². The molecule has 1 aromatic heterocycles. The first-order valence-electron chi connectivity index (χ1n) is 6.40. The summed E-state index contributed by atoms with van der Waals surface area (Å²) in [4.78, 5) is 4.48. The van der Waals surface area contributed by atoms with Gasteiger partial charge in [-0.25, -0.2) is 4.98 Å². The lowest BCUT2D eigenvalue weighted by atomic mass is 10.1. The summed E-state index contributed by atoms with van der Waals surface area (Å²) >= 11 is 1.76. The highest BCUT2D eigenvalue weighted by Gasteiger charge is 2.07. The van der Waals surface area contributed by atoms with Crippen molar-refractivity contribution in [2.24, 2.45) is 0 Å². The van der Waals surface area contributed by atoms with Gasteiger partial charge in [-0.05, 0) is 19.8 Å². The lowest BCUT2D eigenvalue weighted by Crippen LogP contribution is -2.28. The van der Waals surface area contributed by atoms with Crippen molar-refractivity contribution in [1.82, 2.24) is 10.3 Å². The zero-order valence-corrected chi connectivity index (χ0v) is 11.6. The van der Waals surface area contributed by atoms with Crippen molar-refractivity contribution in [3.05, 3.63) is 16.1 Å². The van der Waals surface area contributed by atoms with Crippen molar-refractivity contribution in [3.8, 4) is 0 Å². The van der Waals surface area contributed by atoms with Gasteiger partial charge in [-0.1, -0.05) is 33.1 Å². The molecule has 0 bridgehead atoms. The molecule has 1 aromatic rings. The zero-order chi connectivity index (χ0) is 11.8. The Kier molecular flexibility index (Phi) is 6.65. The van der Waals surface area contributed by atoms with Crippen molar-refractivity contribution < 1.29 is 0 Å². The summed E-state index contributed by atoms with van der Waals surface area (Å²) in [6, 6.07) is 0.675. The Morgan fingerprint density at radius 2 is 2.12 bits per heavy atom. The van der Waals surface area contributed by atoms with Crippen LogP contribution in [0.4, 0.5) is 0 Å². The van der Waals surface area contributed by atoms with Gasteiger partial charge in [0.05, 0.1) is 0 Å². The number of aromatic nitrogens is 1. The lowest BCUT2D eigenvalue weighted by molar-refractivity contribution is 0.433. The van der Waals surface area contributed by atoms with Crippen LogP contribution in [0.25, 0.3) is 0 Å². The minimum Gasteiger partial charge on any atom is -0.308 e. The van der Waals surface area contributed by atoms with E-state index < -0.39 is 0 Å². The Balaban J connectivity index is 2.30. The fourth-order valence-corrected chi connectivity index (χ4v) is 2.59. The van der Waals surface area contributed by atoms with Crippen LogP contribution in [0.3, 0.4) is 0 Å². The Hall–Kier alpha value is -0.410. The van der Waals surface area contributed by atoms with Gasteiger partial charge in [0.2, 0.25) is 0 Å². The van der Waals surface area contributed by atoms with E-state index in [4.69, 9.17) is 0 Å². The normalized spacial score (nSPS) is 12.9. The Morgan fingerprint density at radius 3 is 2.69 bits per heavy atom. The number of nitrogens with zero attached hydrogens (tertiary/aromatic N) is 1. The van der Waals surface area contributed by atoms with Crippen LogP contribution >= 0.6 is 11.3 Å². The molecule has 1 rings (SSSR count). The number of hydrogen-bond acceptors (Lipinski definition) is 3. The number of aryl methyl sites for hydroxylation is 1. The van der Waals surface area contributed by atoms with Crippen LogP contribution in [0.15, 0.2) is 5.38 Å². The molecular formula is C13H24N2S. The second-order valence-electron chi connectivity index (χ2n) is 4.39. The van der Waals surface area contributed by atoms with Gasteiger partial charge < -0.3 is 5.32 Å². The van der Waals surface area contributed by atoms with E-state index in [9.17, 15) is 0 Å². The number of hydrogen-bond donors (Lipinski definition) is 1. The lowest BCUT2D eigenvalue weighted by Gasteiger charge is -2.16. The third-order valence-electron chi connectivity index (χ3n) is 2.75. The third kappa shape index (κ3) is 5.08. The predicted octanol–water partition coefficient (Wildman–Crippen LogP) is 3.90. The average Bonchev–Trinajstić information content (AvgIpc) is 2.68. The molecule has 16 heavy (non-hydrogen) atoms. The summed E-state index contributed by atoms with van der Waals surface area (Å²) in [6.07, 6.45) is 6.46. The molecule has 0 aliphatic rings. The summed E-state index contributed by atoms with van der Waals surface area (Å²) in [5, 5.41) is 6.97. The molecule has 3 heteroatoms. The maximum absolute atomic E-state index is 4.48. The van der Waals surface area contributed by atoms with E-state index in [1.807, 2.05) is 0 Å². The smallest absolute Gasteiger partial charge is 0.107 e. The fraction of sp³-hybridized carbons (Fsp3) is 0.769. The molecule has 0 fully saturated rings. The second-order valence-corrected chi connectivity index (χ2v) is 5.33. The largest absolute Gasteiger partial charge is 0.308 e. The molecular weight excluding hydrogens is 216 g/mol. The van der Waals surface area contributed by atoms with Crippen LogP contribution < -0.4 is 5.32 Å². The van der Waals surface area contributed by atoms with Crippen molar-refractivity contribution in [2.75, 3.05) is 0 Å². The summed E-state index contributed by atoms with van der Waals surface area (Å²) in [7, 11) is 0. The Bertz CT molecular complexity index is 283. The third-order valence-corrected chi connectivity index (χ3v) is 3.72. The maximum atomic E-state index is 4.48. The molecule has 1 unspecified atom stereocenters. The standard InChI is InChI=1S/C13H24N2S/c1-4-6-8-12(7-5-2)14-9-13-15-11(3)10-16-13/h10,12,14H,4-9H2,1-3H3. The molecule has 0 amide bonds. The highest BCUT2D eigenvalue weighted by molar-refractivity contribution is 7.09. The molecule has 0 radical (unpaired) electrons. The van der Waals surface area contributed by atoms with E-state index in [0.717, 1.165) is 12.2 Å². The van der Waals surface area contributed by atoms with Crippen molar-refractivity contribution in [3.63, 3.8) is 0 Å². The summed E-state index contributed by atoms with van der Waals surface area (Å²) < 4.78 is 0. The summed E-state index contributed by atoms with van der Waals surface area (Å²) in [6.45, 7) is 7.51. The minimum atomic E-state index is 0.675. The average molecular weight is 240 g/mol. The van der Waals surface area contributed by atoms with Gasteiger partial charge in [0.1, 0.15) is 5.01 Å². The number of thiazole rings is 1. The maximum Gasteiger partial charge on any atom is 0.107 e. The molecule has 1 N–H and O–H groups in total. The summed E-state index contributed by atoms with van der Waals surface area (Å²) in [5.74, 6) is 0. The molecule has 0 saturated carbocycles. The molecule has 2 nitrogen and oxygen atoms in total. The molecule has 0 aliphatic heterocycles. The number of rotatable bonds is 8. The molecule has 92 valence electrons. The molecule has 1 heterocycles. The van der Waals surface area contributed by atoms with Crippen molar-refractivity contribution >= 4 is 11.3 Å². The molecule has 0 saturated heterocycles. The molecule has 0 spiro atoms. The molecule has 1 atom stereocenters. The quantitative estimate of drug-likeness (QED) is 0.745. The van der Waals surface area contributed by atoms with Gasteiger partial charge in [0.25, 0.3) is 0 Å². The van der Waals surface area contributed by atoms with Gasteiger partial charge >= 0.3 is 0 Å². The first-order chi connectivity index (χ1) is 7.76. The topological polar surface area (TPSA) is 24.9 Å². The van der Waals surface area contributed by atoms with Crippen molar-refractivity contribution in [1.29, 1.82) is 0 Å². The van der Waals surface area contributed by atoms with E-state index in [1.54, 1.807) is 11.3 Å². The van der Waals surface area contributed by atoms with E-state index in [1.165, 1.54) is 37.1 Å². The highest BCUT2D eigenvalue weighted by atomic mass is 32.1. The van der Waals surface area contributed by atoms with Crippen LogP contribution in [-0.4, -0.2) is 11.0 Å². The van der Waals surface area contributed by atoms with Gasteiger partial charge in [0, 0.05) is 23.7 Å². The van der Waals surface area contributed by atoms with Gasteiger partial charge in [-0.2, -0.15) is 0 Å². The van der Waals surface area contributed by atoms with E-state index in [2.05, 4.69) is 36.5 Å². The van der Waals surface area contributed by atoms with E-state index >= 15 is 0 Å². The Labute approximate surface area is 103 Å². The Morgan fingerprint density at radius 1 is 1.31 bits per heavy atom. The fourth-order valence-electron chi connectivity index (χ4n) is 1.86. The molecule has 0 aromatic carbocycles. The monoisotopic (exact) mass is 240 g/mol. The SMILES string of the molecule is CCCCC(CCC)NCc1nc(C)cs1. The number of nitrogens with one attached hydrogen (secondary N) is 1. The number of unbranched alkanes of at least 4 members (excludes halogenated alkanes) is 1. The van der Waals surface area contributed by atoms with Crippen LogP contribution in [0, 0.1) is 6.92 Å². The van der Waals surface area contributed by atoms with Crippen LogP contribution in [-0.2, 0) is 6.54 Å². The minimum absolute atomic E-state index is 0.675. The van der Waals surface area contributed by atoms with Gasteiger partial charge in [-0.15, -0.1) is 11.3 Å². The predicted molar refractivity (Wildman–Crippen MR) is 71.9 cm³/mol. The van der Waals surface area contributed by atoms with Crippen LogP contribution in [0.2, 0.25) is 0 Å². The van der Waals surface area contributed by atoms with Gasteiger partial charge in [-0.3, -0.25) is 0 Å². The second kappa shape index (κ2) is 7.80.